The molecule has 0 saturated heterocycles. The first-order valence-electron chi connectivity index (χ1n) is 5.35. The van der Waals surface area contributed by atoms with Gasteiger partial charge in [-0.1, -0.05) is 5.57 Å². The second-order valence-corrected chi connectivity index (χ2v) is 4.04. The summed E-state index contributed by atoms with van der Waals surface area (Å²) in [5, 5.41) is 10.5. The van der Waals surface area contributed by atoms with Crippen molar-refractivity contribution in [2.24, 2.45) is 0 Å². The fourth-order valence-electron chi connectivity index (χ4n) is 1.50. The predicted molar refractivity (Wildman–Crippen MR) is 66.5 cm³/mol. The molecule has 18 heavy (non-hydrogen) atoms. The van der Waals surface area contributed by atoms with Crippen LogP contribution in [0.5, 0.6) is 0 Å². The molecule has 0 saturated carbocycles. The summed E-state index contributed by atoms with van der Waals surface area (Å²) in [4.78, 5) is 32.6. The van der Waals surface area contributed by atoms with Crippen molar-refractivity contribution in [3.63, 3.8) is 0 Å². The van der Waals surface area contributed by atoms with Gasteiger partial charge in [-0.3, -0.25) is 19.7 Å². The minimum Gasteiger partial charge on any atom is -0.300 e. The summed E-state index contributed by atoms with van der Waals surface area (Å²) in [5.74, 6) is -0.274. The van der Waals surface area contributed by atoms with Crippen LogP contribution in [0.25, 0.3) is 0 Å². The van der Waals surface area contributed by atoms with Gasteiger partial charge in [-0.05, 0) is 32.1 Å². The molecule has 0 aliphatic carbocycles. The third-order valence-corrected chi connectivity index (χ3v) is 2.27. The highest BCUT2D eigenvalue weighted by molar-refractivity contribution is 6.05. The molecule has 1 rings (SSSR count). The van der Waals surface area contributed by atoms with Crippen molar-refractivity contribution >= 4 is 17.3 Å². The molecule has 0 aliphatic rings. The van der Waals surface area contributed by atoms with E-state index in [1.165, 1.54) is 37.3 Å². The Hall–Kier alpha value is -2.30. The molecular weight excluding hydrogens is 234 g/mol. The topological polar surface area (TPSA) is 77.3 Å². The van der Waals surface area contributed by atoms with Crippen molar-refractivity contribution in [3.05, 3.63) is 51.6 Å². The van der Waals surface area contributed by atoms with Crippen molar-refractivity contribution in [1.82, 2.24) is 0 Å². The Kier molecular flexibility index (Phi) is 4.48. The fraction of sp³-hybridized carbons (Fsp3) is 0.231. The Labute approximate surface area is 104 Å². The lowest BCUT2D eigenvalue weighted by atomic mass is 10.1. The standard InChI is InChI=1S/C13H13NO4/c1-9(7-10(2)15)8-13(16)11-3-5-12(6-4-11)14(17)18/h3-6,8H,7H2,1-2H3/b9-8-. The number of carbonyl (C=O) groups is 2. The van der Waals surface area contributed by atoms with E-state index in [0.29, 0.717) is 11.1 Å². The van der Waals surface area contributed by atoms with Crippen LogP contribution in [0, 0.1) is 10.1 Å². The predicted octanol–water partition coefficient (Wildman–Crippen LogP) is 2.70. The van der Waals surface area contributed by atoms with Crippen LogP contribution >= 0.6 is 0 Å². The molecule has 0 fully saturated rings. The average molecular weight is 247 g/mol. The van der Waals surface area contributed by atoms with Crippen LogP contribution in [0.1, 0.15) is 30.6 Å². The highest BCUT2D eigenvalue weighted by Crippen LogP contribution is 2.13. The van der Waals surface area contributed by atoms with Gasteiger partial charge < -0.3 is 0 Å². The van der Waals surface area contributed by atoms with Crippen molar-refractivity contribution in [2.45, 2.75) is 20.3 Å². The molecule has 0 aliphatic heterocycles. The summed E-state index contributed by atoms with van der Waals surface area (Å²) >= 11 is 0. The number of nitro groups is 1. The second kappa shape index (κ2) is 5.86. The Balaban J connectivity index is 2.85. The molecular formula is C13H13NO4. The third-order valence-electron chi connectivity index (χ3n) is 2.27. The van der Waals surface area contributed by atoms with E-state index in [4.69, 9.17) is 0 Å². The Bertz CT molecular complexity index is 514. The number of nitrogens with zero attached hydrogens (tertiary/aromatic N) is 1. The molecule has 5 heteroatoms. The van der Waals surface area contributed by atoms with E-state index in [0.717, 1.165) is 0 Å². The average Bonchev–Trinajstić information content (AvgIpc) is 2.27. The Morgan fingerprint density at radius 2 is 1.78 bits per heavy atom. The lowest BCUT2D eigenvalue weighted by molar-refractivity contribution is -0.384. The van der Waals surface area contributed by atoms with Gasteiger partial charge in [-0.2, -0.15) is 0 Å². The van der Waals surface area contributed by atoms with Gasteiger partial charge in [-0.25, -0.2) is 0 Å². The third kappa shape index (κ3) is 3.93. The first-order valence-corrected chi connectivity index (χ1v) is 5.35. The lowest BCUT2D eigenvalue weighted by Crippen LogP contribution is -1.98. The Morgan fingerprint density at radius 1 is 1.22 bits per heavy atom. The van der Waals surface area contributed by atoms with Gasteiger partial charge in [0.05, 0.1) is 4.92 Å². The number of non-ortho nitro benzene ring substituents is 1. The van der Waals surface area contributed by atoms with Gasteiger partial charge in [0.1, 0.15) is 5.78 Å². The molecule has 0 spiro atoms. The first-order chi connectivity index (χ1) is 8.40. The van der Waals surface area contributed by atoms with Gasteiger partial charge >= 0.3 is 0 Å². The summed E-state index contributed by atoms with van der Waals surface area (Å²) < 4.78 is 0. The van der Waals surface area contributed by atoms with Gasteiger partial charge in [0.15, 0.2) is 5.78 Å². The number of hydrogen-bond donors (Lipinski definition) is 0. The van der Waals surface area contributed by atoms with Gasteiger partial charge in [0, 0.05) is 24.1 Å². The van der Waals surface area contributed by atoms with Crippen molar-refractivity contribution in [3.8, 4) is 0 Å². The SMILES string of the molecule is CC(=O)C/C(C)=C\C(=O)c1ccc([N+](=O)[O-])cc1. The molecule has 5 nitrogen and oxygen atoms in total. The van der Waals surface area contributed by atoms with Crippen molar-refractivity contribution < 1.29 is 14.5 Å². The number of Topliss-reactive ketones (excluding diaryl/α,β-unsaturated/α-hetero) is 1. The number of hydrogen-bond acceptors (Lipinski definition) is 4. The monoisotopic (exact) mass is 247 g/mol. The highest BCUT2D eigenvalue weighted by Gasteiger charge is 2.08. The van der Waals surface area contributed by atoms with Gasteiger partial charge in [-0.15, -0.1) is 0 Å². The van der Waals surface area contributed by atoms with Crippen LogP contribution < -0.4 is 0 Å². The second-order valence-electron chi connectivity index (χ2n) is 4.04. The molecule has 1 aromatic rings. The molecule has 94 valence electrons. The molecule has 0 amide bonds. The van der Waals surface area contributed by atoms with E-state index < -0.39 is 4.92 Å². The summed E-state index contributed by atoms with van der Waals surface area (Å²) in [7, 11) is 0. The Morgan fingerprint density at radius 3 is 2.22 bits per heavy atom. The van der Waals surface area contributed by atoms with E-state index in [9.17, 15) is 19.7 Å². The number of allylic oxidation sites excluding steroid dienone is 2. The number of benzene rings is 1. The molecule has 0 N–H and O–H groups in total. The van der Waals surface area contributed by atoms with Crippen LogP contribution in [0.2, 0.25) is 0 Å². The molecule has 0 bridgehead atoms. The minimum absolute atomic E-state index is 0.0137. The summed E-state index contributed by atoms with van der Waals surface area (Å²) in [5.41, 5.74) is 0.977. The quantitative estimate of drug-likeness (QED) is 0.347. The molecule has 0 atom stereocenters. The number of carbonyl (C=O) groups excluding carboxylic acids is 2. The number of ketones is 2. The van der Waals surface area contributed by atoms with Crippen LogP contribution in [-0.4, -0.2) is 16.5 Å². The normalized spacial score (nSPS) is 11.1. The fourth-order valence-corrected chi connectivity index (χ4v) is 1.50. The summed E-state index contributed by atoms with van der Waals surface area (Å²) in [6, 6.07) is 5.36. The zero-order valence-corrected chi connectivity index (χ0v) is 10.2. The van der Waals surface area contributed by atoms with E-state index in [-0.39, 0.29) is 23.7 Å². The lowest BCUT2D eigenvalue weighted by Gasteiger charge is -1.98. The zero-order valence-electron chi connectivity index (χ0n) is 10.2. The van der Waals surface area contributed by atoms with Gasteiger partial charge in [0.25, 0.3) is 5.69 Å². The van der Waals surface area contributed by atoms with Crippen LogP contribution in [0.3, 0.4) is 0 Å². The maximum absolute atomic E-state index is 11.8. The number of rotatable bonds is 5. The van der Waals surface area contributed by atoms with Crippen molar-refractivity contribution in [2.75, 3.05) is 0 Å². The molecule has 0 heterocycles. The summed E-state index contributed by atoms with van der Waals surface area (Å²) in [6.07, 6.45) is 1.61. The molecule has 0 unspecified atom stereocenters. The molecule has 1 aromatic carbocycles. The van der Waals surface area contributed by atoms with E-state index >= 15 is 0 Å². The smallest absolute Gasteiger partial charge is 0.269 e. The van der Waals surface area contributed by atoms with Gasteiger partial charge in [0.2, 0.25) is 0 Å². The van der Waals surface area contributed by atoms with E-state index in [1.54, 1.807) is 6.92 Å². The minimum atomic E-state index is -0.523. The van der Waals surface area contributed by atoms with Crippen LogP contribution in [-0.2, 0) is 4.79 Å². The first kappa shape index (κ1) is 13.8. The largest absolute Gasteiger partial charge is 0.300 e. The van der Waals surface area contributed by atoms with Crippen LogP contribution in [0.4, 0.5) is 5.69 Å². The van der Waals surface area contributed by atoms with Crippen LogP contribution in [0.15, 0.2) is 35.9 Å². The highest BCUT2D eigenvalue weighted by atomic mass is 16.6. The van der Waals surface area contributed by atoms with E-state index in [2.05, 4.69) is 0 Å². The van der Waals surface area contributed by atoms with E-state index in [1.807, 2.05) is 0 Å². The molecule has 0 aromatic heterocycles. The summed E-state index contributed by atoms with van der Waals surface area (Å²) in [6.45, 7) is 3.15. The molecule has 0 radical (unpaired) electrons. The maximum atomic E-state index is 11.8. The number of nitro benzene ring substituents is 1. The maximum Gasteiger partial charge on any atom is 0.269 e. The van der Waals surface area contributed by atoms with Crippen molar-refractivity contribution in [1.29, 1.82) is 0 Å². The zero-order chi connectivity index (χ0) is 13.7.